The number of carbonyl (C=O) groups is 1. The van der Waals surface area contributed by atoms with Crippen molar-refractivity contribution < 1.29 is 9.53 Å². The van der Waals surface area contributed by atoms with Crippen molar-refractivity contribution in [1.82, 2.24) is 4.90 Å². The van der Waals surface area contributed by atoms with Crippen molar-refractivity contribution in [3.05, 3.63) is 58.3 Å². The van der Waals surface area contributed by atoms with Gasteiger partial charge in [0, 0.05) is 6.20 Å². The predicted molar refractivity (Wildman–Crippen MR) is 84.6 cm³/mol. The zero-order valence-corrected chi connectivity index (χ0v) is 13.0. The summed E-state index contributed by atoms with van der Waals surface area (Å²) in [5.41, 5.74) is 3.56. The molecular weight excluding hydrogens is 284 g/mol. The van der Waals surface area contributed by atoms with Crippen LogP contribution in [0.4, 0.5) is 0 Å². The highest BCUT2D eigenvalue weighted by molar-refractivity contribution is 8.16. The van der Waals surface area contributed by atoms with Gasteiger partial charge in [-0.15, -0.1) is 0 Å². The number of fused-ring (bicyclic) bond motifs is 1. The number of hydrogen-bond donors (Lipinski definition) is 0. The second-order valence-electron chi connectivity index (χ2n) is 5.01. The first-order chi connectivity index (χ1) is 10.1. The van der Waals surface area contributed by atoms with Crippen LogP contribution in [0.5, 0.6) is 0 Å². The highest BCUT2D eigenvalue weighted by Crippen LogP contribution is 2.40. The Morgan fingerprint density at radius 2 is 2.00 bits per heavy atom. The lowest BCUT2D eigenvalue weighted by Gasteiger charge is -2.33. The molecule has 0 saturated heterocycles. The summed E-state index contributed by atoms with van der Waals surface area (Å²) >= 11 is 1.56. The van der Waals surface area contributed by atoms with Crippen LogP contribution in [0.3, 0.4) is 0 Å². The third kappa shape index (κ3) is 2.38. The van der Waals surface area contributed by atoms with Crippen LogP contribution in [-0.4, -0.2) is 23.1 Å². The van der Waals surface area contributed by atoms with Gasteiger partial charge < -0.3 is 9.64 Å². The molecule has 2 aliphatic rings. The Morgan fingerprint density at radius 3 is 2.67 bits per heavy atom. The number of aliphatic imine (C=N–C) groups is 1. The molecule has 0 fully saturated rings. The number of amidine groups is 1. The van der Waals surface area contributed by atoms with E-state index in [-0.39, 0.29) is 12.0 Å². The number of esters is 1. The average molecular weight is 300 g/mol. The smallest absolute Gasteiger partial charge is 0.338 e. The van der Waals surface area contributed by atoms with E-state index in [0.29, 0.717) is 5.57 Å². The maximum absolute atomic E-state index is 12.2. The van der Waals surface area contributed by atoms with E-state index in [1.54, 1.807) is 11.8 Å². The van der Waals surface area contributed by atoms with E-state index in [4.69, 9.17) is 4.74 Å². The number of rotatable bonds is 2. The number of carbonyl (C=O) groups excluding carboxylic acids is 1. The van der Waals surface area contributed by atoms with Gasteiger partial charge in [0.05, 0.1) is 24.4 Å². The molecule has 0 aromatic heterocycles. The van der Waals surface area contributed by atoms with Gasteiger partial charge in [0.15, 0.2) is 5.17 Å². The highest BCUT2D eigenvalue weighted by Gasteiger charge is 2.36. The first kappa shape index (κ1) is 13.9. The first-order valence-corrected chi connectivity index (χ1v) is 7.56. The summed E-state index contributed by atoms with van der Waals surface area (Å²) in [7, 11) is 1.41. The Bertz CT molecular complexity index is 674. The maximum atomic E-state index is 12.2. The molecule has 1 aromatic carbocycles. The number of thioether (sulfide) groups is 1. The zero-order valence-electron chi connectivity index (χ0n) is 12.2. The minimum atomic E-state index is -0.328. The van der Waals surface area contributed by atoms with Gasteiger partial charge in [-0.3, -0.25) is 0 Å². The summed E-state index contributed by atoms with van der Waals surface area (Å²) in [6, 6.07) is 8.03. The SMILES string of the molecule is COC(=O)C1=C(C)N=C2SC=CN2[C@H]1c1ccc(C)cc1. The molecule has 108 valence electrons. The van der Waals surface area contributed by atoms with Gasteiger partial charge in [-0.25, -0.2) is 9.79 Å². The summed E-state index contributed by atoms with van der Waals surface area (Å²) in [4.78, 5) is 18.7. The van der Waals surface area contributed by atoms with E-state index in [1.165, 1.54) is 12.7 Å². The van der Waals surface area contributed by atoms with Crippen molar-refractivity contribution in [1.29, 1.82) is 0 Å². The number of nitrogens with zero attached hydrogens (tertiary/aromatic N) is 2. The van der Waals surface area contributed by atoms with Gasteiger partial charge in [0.2, 0.25) is 0 Å². The van der Waals surface area contributed by atoms with Gasteiger partial charge in [-0.05, 0) is 24.8 Å². The Morgan fingerprint density at radius 1 is 1.29 bits per heavy atom. The summed E-state index contributed by atoms with van der Waals surface area (Å²) in [6.45, 7) is 3.90. The highest BCUT2D eigenvalue weighted by atomic mass is 32.2. The van der Waals surface area contributed by atoms with Crippen molar-refractivity contribution in [3.63, 3.8) is 0 Å². The Balaban J connectivity index is 2.13. The Labute approximate surface area is 128 Å². The fourth-order valence-corrected chi connectivity index (χ4v) is 3.34. The van der Waals surface area contributed by atoms with Crippen LogP contribution in [0.1, 0.15) is 24.1 Å². The Kier molecular flexibility index (Phi) is 3.59. The minimum absolute atomic E-state index is 0.184. The van der Waals surface area contributed by atoms with Crippen molar-refractivity contribution in [2.24, 2.45) is 4.99 Å². The molecule has 5 heteroatoms. The van der Waals surface area contributed by atoms with Crippen LogP contribution in [0.2, 0.25) is 0 Å². The molecule has 0 saturated carbocycles. The van der Waals surface area contributed by atoms with Crippen molar-refractivity contribution >= 4 is 22.9 Å². The summed E-state index contributed by atoms with van der Waals surface area (Å²) in [5.74, 6) is -0.328. The minimum Gasteiger partial charge on any atom is -0.466 e. The summed E-state index contributed by atoms with van der Waals surface area (Å²) in [6.07, 6.45) is 1.96. The lowest BCUT2D eigenvalue weighted by Crippen LogP contribution is -2.33. The molecule has 0 radical (unpaired) electrons. The van der Waals surface area contributed by atoms with Crippen molar-refractivity contribution in [2.75, 3.05) is 7.11 Å². The molecule has 0 aliphatic carbocycles. The van der Waals surface area contributed by atoms with Crippen LogP contribution in [0, 0.1) is 6.92 Å². The lowest BCUT2D eigenvalue weighted by molar-refractivity contribution is -0.136. The van der Waals surface area contributed by atoms with E-state index < -0.39 is 0 Å². The average Bonchev–Trinajstić information content (AvgIpc) is 2.94. The van der Waals surface area contributed by atoms with Crippen LogP contribution >= 0.6 is 11.8 Å². The number of ether oxygens (including phenoxy) is 1. The van der Waals surface area contributed by atoms with Crippen molar-refractivity contribution in [3.8, 4) is 0 Å². The number of benzene rings is 1. The van der Waals surface area contributed by atoms with E-state index in [9.17, 15) is 4.79 Å². The number of aryl methyl sites for hydroxylation is 1. The van der Waals surface area contributed by atoms with E-state index >= 15 is 0 Å². The fraction of sp³-hybridized carbons (Fsp3) is 0.250. The van der Waals surface area contributed by atoms with E-state index in [2.05, 4.69) is 29.3 Å². The van der Waals surface area contributed by atoms with Gasteiger partial charge in [-0.2, -0.15) is 0 Å². The molecule has 1 atom stereocenters. The van der Waals surface area contributed by atoms with Crippen LogP contribution in [0.25, 0.3) is 0 Å². The lowest BCUT2D eigenvalue weighted by atomic mass is 9.94. The monoisotopic (exact) mass is 300 g/mol. The second kappa shape index (κ2) is 5.41. The maximum Gasteiger partial charge on any atom is 0.338 e. The molecule has 21 heavy (non-hydrogen) atoms. The first-order valence-electron chi connectivity index (χ1n) is 6.68. The molecule has 4 nitrogen and oxygen atoms in total. The normalized spacial score (nSPS) is 20.4. The molecule has 2 heterocycles. The van der Waals surface area contributed by atoms with Gasteiger partial charge in [0.1, 0.15) is 0 Å². The van der Waals surface area contributed by atoms with E-state index in [1.807, 2.05) is 30.4 Å². The van der Waals surface area contributed by atoms with Crippen LogP contribution in [-0.2, 0) is 9.53 Å². The standard InChI is InChI=1S/C16H16N2O2S/c1-10-4-6-12(7-5-10)14-13(15(19)20-3)11(2)17-16-18(14)8-9-21-16/h4-9,14H,1-3H3/t14-/m0/s1. The number of methoxy groups -OCH3 is 1. The Hall–Kier alpha value is -2.01. The molecule has 0 unspecified atom stereocenters. The zero-order chi connectivity index (χ0) is 15.0. The quantitative estimate of drug-likeness (QED) is 0.785. The third-order valence-corrected chi connectivity index (χ3v) is 4.39. The van der Waals surface area contributed by atoms with Crippen molar-refractivity contribution in [2.45, 2.75) is 19.9 Å². The summed E-state index contributed by atoms with van der Waals surface area (Å²) < 4.78 is 4.96. The molecular formula is C16H16N2O2S. The predicted octanol–water partition coefficient (Wildman–Crippen LogP) is 3.37. The number of allylic oxidation sites excluding steroid dienone is 1. The largest absolute Gasteiger partial charge is 0.466 e. The second-order valence-corrected chi connectivity index (χ2v) is 5.88. The van der Waals surface area contributed by atoms with Gasteiger partial charge >= 0.3 is 5.97 Å². The molecule has 0 bridgehead atoms. The third-order valence-electron chi connectivity index (χ3n) is 3.62. The van der Waals surface area contributed by atoms with E-state index in [0.717, 1.165) is 16.4 Å². The molecule has 0 N–H and O–H groups in total. The molecule has 1 aromatic rings. The van der Waals surface area contributed by atoms with Crippen LogP contribution in [0.15, 0.2) is 52.1 Å². The summed E-state index contributed by atoms with van der Waals surface area (Å²) in [5, 5.41) is 2.87. The van der Waals surface area contributed by atoms with Gasteiger partial charge in [0.25, 0.3) is 0 Å². The molecule has 0 amide bonds. The van der Waals surface area contributed by atoms with Gasteiger partial charge in [-0.1, -0.05) is 41.6 Å². The number of hydrogen-bond acceptors (Lipinski definition) is 5. The topological polar surface area (TPSA) is 41.9 Å². The fourth-order valence-electron chi connectivity index (χ4n) is 2.55. The molecule has 2 aliphatic heterocycles. The molecule has 0 spiro atoms. The molecule has 3 rings (SSSR count). The van der Waals surface area contributed by atoms with Crippen LogP contribution < -0.4 is 0 Å².